The van der Waals surface area contributed by atoms with Crippen LogP contribution in [0.4, 0.5) is 10.2 Å². The van der Waals surface area contributed by atoms with Gasteiger partial charge in [0, 0.05) is 25.2 Å². The number of carbonyl (C=O) groups excluding carboxylic acids is 1. The number of amides is 1. The molecule has 1 aromatic carbocycles. The van der Waals surface area contributed by atoms with Crippen LogP contribution >= 0.6 is 0 Å². The van der Waals surface area contributed by atoms with E-state index in [1.165, 1.54) is 23.7 Å². The number of hydrogen-bond donors (Lipinski definition) is 3. The van der Waals surface area contributed by atoms with Crippen molar-refractivity contribution >= 4 is 17.8 Å². The van der Waals surface area contributed by atoms with Crippen molar-refractivity contribution < 1.29 is 14.4 Å². The lowest BCUT2D eigenvalue weighted by Gasteiger charge is -2.33. The molecule has 1 amide bonds. The number of anilines is 1. The highest BCUT2D eigenvalue weighted by atomic mass is 19.1. The second kappa shape index (κ2) is 9.91. The molecule has 7 nitrogen and oxygen atoms in total. The quantitative estimate of drug-likeness (QED) is 0.385. The SMILES string of the molecule is O=C(C=Cc1cnc(N[C@@H]2CCCN(CCc3ccccc3F)C2)cn1)NO. The molecule has 1 atom stereocenters. The van der Waals surface area contributed by atoms with Crippen LogP contribution in [0.5, 0.6) is 0 Å². The van der Waals surface area contributed by atoms with E-state index in [1.54, 1.807) is 18.5 Å². The zero-order valence-corrected chi connectivity index (χ0v) is 15.5. The topological polar surface area (TPSA) is 90.4 Å². The predicted octanol–water partition coefficient (Wildman–Crippen LogP) is 2.25. The molecule has 3 rings (SSSR count). The van der Waals surface area contributed by atoms with Crippen LogP contribution in [-0.4, -0.2) is 51.7 Å². The van der Waals surface area contributed by atoms with E-state index in [0.29, 0.717) is 17.9 Å². The van der Waals surface area contributed by atoms with E-state index in [1.807, 2.05) is 12.1 Å². The van der Waals surface area contributed by atoms with E-state index >= 15 is 0 Å². The molecule has 2 heterocycles. The predicted molar refractivity (Wildman–Crippen MR) is 104 cm³/mol. The molecule has 0 aliphatic carbocycles. The van der Waals surface area contributed by atoms with Crippen molar-refractivity contribution in [2.45, 2.75) is 25.3 Å². The molecular formula is C20H24FN5O2. The molecule has 0 saturated carbocycles. The van der Waals surface area contributed by atoms with Gasteiger partial charge < -0.3 is 10.2 Å². The van der Waals surface area contributed by atoms with Gasteiger partial charge in [-0.25, -0.2) is 14.9 Å². The van der Waals surface area contributed by atoms with Gasteiger partial charge in [-0.1, -0.05) is 18.2 Å². The summed E-state index contributed by atoms with van der Waals surface area (Å²) in [4.78, 5) is 21.9. The van der Waals surface area contributed by atoms with Crippen LogP contribution in [0, 0.1) is 5.82 Å². The van der Waals surface area contributed by atoms with Gasteiger partial charge >= 0.3 is 0 Å². The van der Waals surface area contributed by atoms with Gasteiger partial charge in [0.1, 0.15) is 11.6 Å². The Bertz CT molecular complexity index is 812. The minimum absolute atomic E-state index is 0.143. The normalized spacial score (nSPS) is 17.6. The highest BCUT2D eigenvalue weighted by molar-refractivity contribution is 5.90. The maximum atomic E-state index is 13.8. The third kappa shape index (κ3) is 5.83. The first-order valence-electron chi connectivity index (χ1n) is 9.30. The number of nitrogens with zero attached hydrogens (tertiary/aromatic N) is 3. The average molecular weight is 385 g/mol. The number of hydroxylamine groups is 1. The lowest BCUT2D eigenvalue weighted by molar-refractivity contribution is -0.124. The third-order valence-corrected chi connectivity index (χ3v) is 4.70. The van der Waals surface area contributed by atoms with Crippen molar-refractivity contribution in [2.75, 3.05) is 25.0 Å². The van der Waals surface area contributed by atoms with Gasteiger partial charge in [-0.15, -0.1) is 0 Å². The zero-order valence-electron chi connectivity index (χ0n) is 15.5. The Kier molecular flexibility index (Phi) is 7.05. The molecule has 8 heteroatoms. The maximum absolute atomic E-state index is 13.8. The summed E-state index contributed by atoms with van der Waals surface area (Å²) in [6.45, 7) is 2.70. The summed E-state index contributed by atoms with van der Waals surface area (Å²) >= 11 is 0. The summed E-state index contributed by atoms with van der Waals surface area (Å²) in [5, 5.41) is 11.8. The lowest BCUT2D eigenvalue weighted by Crippen LogP contribution is -2.43. The first-order chi connectivity index (χ1) is 13.6. The number of nitrogens with one attached hydrogen (secondary N) is 2. The number of likely N-dealkylation sites (tertiary alicyclic amines) is 1. The monoisotopic (exact) mass is 385 g/mol. The number of benzene rings is 1. The van der Waals surface area contributed by atoms with Gasteiger partial charge in [-0.05, 0) is 43.5 Å². The molecule has 3 N–H and O–H groups in total. The fraction of sp³-hybridized carbons (Fsp3) is 0.350. The number of carbonyl (C=O) groups is 1. The molecular weight excluding hydrogens is 361 g/mol. The van der Waals surface area contributed by atoms with E-state index < -0.39 is 5.91 Å². The number of aromatic nitrogens is 2. The van der Waals surface area contributed by atoms with Crippen LogP contribution in [0.25, 0.3) is 6.08 Å². The molecule has 1 saturated heterocycles. The molecule has 0 unspecified atom stereocenters. The zero-order chi connectivity index (χ0) is 19.8. The van der Waals surface area contributed by atoms with Crippen LogP contribution in [0.1, 0.15) is 24.1 Å². The number of piperidine rings is 1. The van der Waals surface area contributed by atoms with Gasteiger partial charge in [-0.2, -0.15) is 0 Å². The second-order valence-corrected chi connectivity index (χ2v) is 6.76. The Balaban J connectivity index is 1.50. The Labute approximate surface area is 163 Å². The summed E-state index contributed by atoms with van der Waals surface area (Å²) in [5.74, 6) is -0.0959. The van der Waals surface area contributed by atoms with Crippen LogP contribution < -0.4 is 10.8 Å². The Hall–Kier alpha value is -2.84. The minimum atomic E-state index is -0.623. The molecule has 0 radical (unpaired) electrons. The van der Waals surface area contributed by atoms with Crippen LogP contribution in [0.3, 0.4) is 0 Å². The molecule has 148 valence electrons. The summed E-state index contributed by atoms with van der Waals surface area (Å²) in [5.41, 5.74) is 2.79. The van der Waals surface area contributed by atoms with Crippen molar-refractivity contribution in [2.24, 2.45) is 0 Å². The standard InChI is InChI=1S/C20H24FN5O2/c21-18-6-2-1-4-15(18)9-11-26-10-3-5-17(14-26)24-19-13-22-16(12-23-19)7-8-20(27)25-28/h1-2,4,6-8,12-13,17,28H,3,5,9-11,14H2,(H,23,24)(H,25,27)/t17-/m1/s1. The largest absolute Gasteiger partial charge is 0.365 e. The number of hydrogen-bond acceptors (Lipinski definition) is 6. The molecule has 1 fully saturated rings. The van der Waals surface area contributed by atoms with Gasteiger partial charge in [0.25, 0.3) is 5.91 Å². The molecule has 0 bridgehead atoms. The van der Waals surface area contributed by atoms with E-state index in [9.17, 15) is 9.18 Å². The van der Waals surface area contributed by atoms with Gasteiger partial charge in [0.2, 0.25) is 0 Å². The Morgan fingerprint density at radius 1 is 1.32 bits per heavy atom. The molecule has 1 aliphatic heterocycles. The number of halogens is 1. The Morgan fingerprint density at radius 2 is 2.18 bits per heavy atom. The lowest BCUT2D eigenvalue weighted by atomic mass is 10.0. The summed E-state index contributed by atoms with van der Waals surface area (Å²) < 4.78 is 13.8. The molecule has 1 aliphatic rings. The molecule has 1 aromatic heterocycles. The smallest absolute Gasteiger partial charge is 0.267 e. The van der Waals surface area contributed by atoms with Crippen molar-refractivity contribution in [1.29, 1.82) is 0 Å². The highest BCUT2D eigenvalue weighted by Crippen LogP contribution is 2.16. The summed E-state index contributed by atoms with van der Waals surface area (Å²) in [7, 11) is 0. The average Bonchev–Trinajstić information content (AvgIpc) is 2.73. The van der Waals surface area contributed by atoms with E-state index in [0.717, 1.165) is 38.0 Å². The summed E-state index contributed by atoms with van der Waals surface area (Å²) in [6, 6.07) is 7.18. The minimum Gasteiger partial charge on any atom is -0.365 e. The van der Waals surface area contributed by atoms with Gasteiger partial charge in [0.15, 0.2) is 0 Å². The van der Waals surface area contributed by atoms with E-state index in [2.05, 4.69) is 20.2 Å². The molecule has 2 aromatic rings. The van der Waals surface area contributed by atoms with E-state index in [4.69, 9.17) is 5.21 Å². The fourth-order valence-electron chi connectivity index (χ4n) is 3.26. The van der Waals surface area contributed by atoms with Gasteiger partial charge in [-0.3, -0.25) is 15.0 Å². The third-order valence-electron chi connectivity index (χ3n) is 4.70. The number of rotatable bonds is 7. The van der Waals surface area contributed by atoms with Crippen molar-refractivity contribution in [1.82, 2.24) is 20.3 Å². The maximum Gasteiger partial charge on any atom is 0.267 e. The summed E-state index contributed by atoms with van der Waals surface area (Å²) in [6.07, 6.45) is 8.62. The first-order valence-corrected chi connectivity index (χ1v) is 9.30. The van der Waals surface area contributed by atoms with Crippen LogP contribution in [0.15, 0.2) is 42.7 Å². The van der Waals surface area contributed by atoms with Crippen LogP contribution in [-0.2, 0) is 11.2 Å². The first kappa shape index (κ1) is 19.9. The molecule has 28 heavy (non-hydrogen) atoms. The van der Waals surface area contributed by atoms with Crippen molar-refractivity contribution in [3.8, 4) is 0 Å². The van der Waals surface area contributed by atoms with E-state index in [-0.39, 0.29) is 11.9 Å². The second-order valence-electron chi connectivity index (χ2n) is 6.76. The molecule has 0 spiro atoms. The van der Waals surface area contributed by atoms with Crippen molar-refractivity contribution in [3.05, 3.63) is 59.8 Å². The van der Waals surface area contributed by atoms with Gasteiger partial charge in [0.05, 0.1) is 18.1 Å². The highest BCUT2D eigenvalue weighted by Gasteiger charge is 2.20. The van der Waals surface area contributed by atoms with Crippen molar-refractivity contribution in [3.63, 3.8) is 0 Å². The van der Waals surface area contributed by atoms with Crippen LogP contribution in [0.2, 0.25) is 0 Å². The Morgan fingerprint density at radius 3 is 2.93 bits per heavy atom. The fourth-order valence-corrected chi connectivity index (χ4v) is 3.26.